The summed E-state index contributed by atoms with van der Waals surface area (Å²) in [5, 5.41) is 10.2. The van der Waals surface area contributed by atoms with Gasteiger partial charge in [0.2, 0.25) is 0 Å². The molecule has 5 aromatic rings. The number of hydroxylamine groups is 1. The number of ether oxygens (including phenoxy) is 1. The number of fused-ring (bicyclic) bond motifs is 2. The number of hydrazine groups is 1. The van der Waals surface area contributed by atoms with E-state index in [0.29, 0.717) is 12.4 Å². The number of nitrogens with one attached hydrogen (secondary N) is 2. The fraction of sp³-hybridized carbons (Fsp3) is 0.231. The van der Waals surface area contributed by atoms with E-state index in [1.165, 1.54) is 6.33 Å². The van der Waals surface area contributed by atoms with E-state index in [4.69, 9.17) is 9.57 Å². The molecule has 2 N–H and O–H groups in total. The van der Waals surface area contributed by atoms with Crippen LogP contribution in [0, 0.1) is 12.3 Å². The van der Waals surface area contributed by atoms with Crippen molar-refractivity contribution < 1.29 is 9.57 Å². The molecule has 182 valence electrons. The molecule has 0 atom stereocenters. The van der Waals surface area contributed by atoms with Crippen LogP contribution in [0.25, 0.3) is 16.6 Å². The third-order valence-electron chi connectivity index (χ3n) is 5.99. The SMILES string of the molecule is Cc1cc(Nc2ncnc3ccc(NN4CC(C)(C)CO4)cc23)ccc1Oc1ccn2ncnc2c1. The van der Waals surface area contributed by atoms with Crippen LogP contribution in [0.2, 0.25) is 0 Å². The number of pyridine rings is 1. The molecule has 0 spiro atoms. The van der Waals surface area contributed by atoms with Gasteiger partial charge in [0.05, 0.1) is 24.4 Å². The molecule has 36 heavy (non-hydrogen) atoms. The summed E-state index contributed by atoms with van der Waals surface area (Å²) in [6, 6.07) is 15.6. The average Bonchev–Trinajstić information content (AvgIpc) is 3.46. The van der Waals surface area contributed by atoms with Crippen LogP contribution in [0.1, 0.15) is 19.4 Å². The summed E-state index contributed by atoms with van der Waals surface area (Å²) in [5.41, 5.74) is 7.80. The van der Waals surface area contributed by atoms with Crippen LogP contribution in [0.4, 0.5) is 17.2 Å². The number of benzene rings is 2. The summed E-state index contributed by atoms with van der Waals surface area (Å²) in [4.78, 5) is 18.9. The topological polar surface area (TPSA) is 102 Å². The van der Waals surface area contributed by atoms with Gasteiger partial charge in [-0.15, -0.1) is 5.17 Å². The highest BCUT2D eigenvalue weighted by Crippen LogP contribution is 2.31. The first-order valence-corrected chi connectivity index (χ1v) is 11.7. The van der Waals surface area contributed by atoms with E-state index in [2.05, 4.69) is 44.6 Å². The Bertz CT molecular complexity index is 1560. The van der Waals surface area contributed by atoms with E-state index >= 15 is 0 Å². The average molecular weight is 483 g/mol. The molecule has 10 heteroatoms. The molecule has 4 heterocycles. The van der Waals surface area contributed by atoms with Crippen LogP contribution in [0.5, 0.6) is 11.5 Å². The third-order valence-corrected chi connectivity index (χ3v) is 5.99. The lowest BCUT2D eigenvalue weighted by Gasteiger charge is -2.19. The van der Waals surface area contributed by atoms with Crippen molar-refractivity contribution in [3.05, 3.63) is 72.9 Å². The van der Waals surface area contributed by atoms with Crippen molar-refractivity contribution in [3.63, 3.8) is 0 Å². The highest BCUT2D eigenvalue weighted by atomic mass is 16.7. The minimum absolute atomic E-state index is 0.108. The van der Waals surface area contributed by atoms with Gasteiger partial charge in [0.15, 0.2) is 5.65 Å². The maximum absolute atomic E-state index is 6.10. The number of anilines is 3. The summed E-state index contributed by atoms with van der Waals surface area (Å²) in [6.07, 6.45) is 4.90. The molecular formula is C26H26N8O2. The number of rotatable bonds is 6. The Morgan fingerprint density at radius 2 is 1.86 bits per heavy atom. The molecule has 10 nitrogen and oxygen atoms in total. The lowest BCUT2D eigenvalue weighted by Crippen LogP contribution is -2.28. The molecule has 1 aliphatic heterocycles. The normalized spacial score (nSPS) is 15.4. The molecule has 1 saturated heterocycles. The fourth-order valence-corrected chi connectivity index (χ4v) is 4.14. The van der Waals surface area contributed by atoms with Gasteiger partial charge >= 0.3 is 0 Å². The quantitative estimate of drug-likeness (QED) is 0.341. The van der Waals surface area contributed by atoms with Crippen LogP contribution >= 0.6 is 0 Å². The van der Waals surface area contributed by atoms with Crippen molar-refractivity contribution in [2.75, 3.05) is 23.9 Å². The van der Waals surface area contributed by atoms with Gasteiger partial charge in [-0.25, -0.2) is 19.5 Å². The van der Waals surface area contributed by atoms with Gasteiger partial charge in [-0.3, -0.25) is 10.3 Å². The molecule has 0 aliphatic carbocycles. The summed E-state index contributed by atoms with van der Waals surface area (Å²) >= 11 is 0. The lowest BCUT2D eigenvalue weighted by molar-refractivity contribution is -0.0886. The van der Waals surface area contributed by atoms with Gasteiger partial charge in [0, 0.05) is 28.8 Å². The van der Waals surface area contributed by atoms with Crippen molar-refractivity contribution >= 4 is 33.7 Å². The van der Waals surface area contributed by atoms with Crippen LogP contribution in [-0.4, -0.2) is 42.9 Å². The largest absolute Gasteiger partial charge is 0.457 e. The van der Waals surface area contributed by atoms with Gasteiger partial charge in [0.25, 0.3) is 0 Å². The Hall–Kier alpha value is -4.28. The molecule has 0 radical (unpaired) electrons. The van der Waals surface area contributed by atoms with E-state index in [1.807, 2.05) is 61.7 Å². The zero-order valence-electron chi connectivity index (χ0n) is 20.3. The molecule has 0 unspecified atom stereocenters. The standard InChI is InChI=1S/C26H26N8O2/c1-17-10-18(5-7-23(17)36-20-8-9-33-24(12-20)28-16-30-33)31-25-21-11-19(4-6-22(21)27-15-29-25)32-34-13-26(2,3)14-35-34/h4-12,15-16,32H,13-14H2,1-3H3,(H,27,29,31). The molecule has 1 aliphatic rings. The fourth-order valence-electron chi connectivity index (χ4n) is 4.14. The van der Waals surface area contributed by atoms with Gasteiger partial charge in [0.1, 0.15) is 30.0 Å². The Labute approximate surface area is 207 Å². The van der Waals surface area contributed by atoms with Crippen molar-refractivity contribution in [1.29, 1.82) is 0 Å². The molecule has 6 rings (SSSR count). The molecule has 0 bridgehead atoms. The number of aromatic nitrogens is 5. The van der Waals surface area contributed by atoms with Crippen molar-refractivity contribution in [3.8, 4) is 11.5 Å². The van der Waals surface area contributed by atoms with E-state index < -0.39 is 0 Å². The number of nitrogens with zero attached hydrogens (tertiary/aromatic N) is 6. The zero-order chi connectivity index (χ0) is 24.7. The van der Waals surface area contributed by atoms with Gasteiger partial charge in [-0.05, 0) is 55.0 Å². The molecule has 1 fully saturated rings. The molecule has 3 aromatic heterocycles. The number of hydrogen-bond donors (Lipinski definition) is 2. The first kappa shape index (κ1) is 22.2. The third kappa shape index (κ3) is 4.51. The van der Waals surface area contributed by atoms with Crippen LogP contribution < -0.4 is 15.5 Å². The highest BCUT2D eigenvalue weighted by molar-refractivity contribution is 5.92. The van der Waals surface area contributed by atoms with E-state index in [-0.39, 0.29) is 5.41 Å². The Balaban J connectivity index is 1.22. The van der Waals surface area contributed by atoms with E-state index in [9.17, 15) is 0 Å². The second-order valence-electron chi connectivity index (χ2n) is 9.67. The highest BCUT2D eigenvalue weighted by Gasteiger charge is 2.30. The van der Waals surface area contributed by atoms with E-state index in [0.717, 1.165) is 51.6 Å². The molecule has 0 saturated carbocycles. The van der Waals surface area contributed by atoms with Gasteiger partial charge < -0.3 is 10.1 Å². The van der Waals surface area contributed by atoms with Crippen molar-refractivity contribution in [2.45, 2.75) is 20.8 Å². The minimum Gasteiger partial charge on any atom is -0.457 e. The Morgan fingerprint density at radius 1 is 0.972 bits per heavy atom. The van der Waals surface area contributed by atoms with E-state index in [1.54, 1.807) is 16.0 Å². The Morgan fingerprint density at radius 3 is 2.69 bits per heavy atom. The first-order valence-electron chi connectivity index (χ1n) is 11.7. The van der Waals surface area contributed by atoms with Crippen LogP contribution in [-0.2, 0) is 4.84 Å². The predicted molar refractivity (Wildman–Crippen MR) is 137 cm³/mol. The van der Waals surface area contributed by atoms with Crippen LogP contribution in [0.15, 0.2) is 67.4 Å². The maximum Gasteiger partial charge on any atom is 0.158 e. The van der Waals surface area contributed by atoms with Crippen molar-refractivity contribution in [2.24, 2.45) is 5.41 Å². The lowest BCUT2D eigenvalue weighted by atomic mass is 9.96. The molecule has 2 aromatic carbocycles. The van der Waals surface area contributed by atoms with Gasteiger partial charge in [-0.2, -0.15) is 5.10 Å². The molecular weight excluding hydrogens is 456 g/mol. The molecule has 0 amide bonds. The zero-order valence-corrected chi connectivity index (χ0v) is 20.3. The van der Waals surface area contributed by atoms with Crippen LogP contribution in [0.3, 0.4) is 0 Å². The maximum atomic E-state index is 6.10. The summed E-state index contributed by atoms with van der Waals surface area (Å²) < 4.78 is 7.79. The first-order chi connectivity index (χ1) is 17.4. The summed E-state index contributed by atoms with van der Waals surface area (Å²) in [6.45, 7) is 7.84. The monoisotopic (exact) mass is 482 g/mol. The van der Waals surface area contributed by atoms with Gasteiger partial charge in [-0.1, -0.05) is 13.8 Å². The summed E-state index contributed by atoms with van der Waals surface area (Å²) in [5.74, 6) is 2.18. The summed E-state index contributed by atoms with van der Waals surface area (Å²) in [7, 11) is 0. The second-order valence-corrected chi connectivity index (χ2v) is 9.67. The second kappa shape index (κ2) is 8.74. The minimum atomic E-state index is 0.108. The predicted octanol–water partition coefficient (Wildman–Crippen LogP) is 5.12. The number of hydrogen-bond acceptors (Lipinski definition) is 9. The number of aryl methyl sites for hydroxylation is 1. The van der Waals surface area contributed by atoms with Crippen molar-refractivity contribution in [1.82, 2.24) is 29.7 Å². The Kier molecular flexibility index (Phi) is 5.39. The smallest absolute Gasteiger partial charge is 0.158 e.